The SMILES string of the molecule is CNc1ccc(/C=C(\C#N)c2nc3cc(C(F)(F)F)ccc3s2)cc1[N+](=O)[O-]. The maximum Gasteiger partial charge on any atom is 0.416 e. The number of nitriles is 1. The maximum absolute atomic E-state index is 12.9. The van der Waals surface area contributed by atoms with Crippen LogP contribution in [0, 0.1) is 21.4 Å². The molecular weight excluding hydrogens is 393 g/mol. The molecule has 0 saturated carbocycles. The summed E-state index contributed by atoms with van der Waals surface area (Å²) in [5.41, 5.74) is -0.0307. The fraction of sp³-hybridized carbons (Fsp3) is 0.111. The molecule has 1 N–H and O–H groups in total. The van der Waals surface area contributed by atoms with E-state index in [9.17, 15) is 28.5 Å². The Morgan fingerprint density at radius 3 is 2.68 bits per heavy atom. The number of nitro groups is 1. The van der Waals surface area contributed by atoms with E-state index in [0.29, 0.717) is 16.0 Å². The number of halogens is 3. The van der Waals surface area contributed by atoms with Crippen LogP contribution in [0.3, 0.4) is 0 Å². The van der Waals surface area contributed by atoms with Crippen molar-refractivity contribution < 1.29 is 18.1 Å². The second kappa shape index (κ2) is 7.28. The zero-order valence-corrected chi connectivity index (χ0v) is 15.1. The molecule has 2 aromatic carbocycles. The van der Waals surface area contributed by atoms with Crippen LogP contribution in [0.1, 0.15) is 16.1 Å². The maximum atomic E-state index is 12.9. The number of nitrogens with one attached hydrogen (secondary N) is 1. The summed E-state index contributed by atoms with van der Waals surface area (Å²) in [5, 5.41) is 23.6. The smallest absolute Gasteiger partial charge is 0.383 e. The number of thiazole rings is 1. The van der Waals surface area contributed by atoms with Crippen molar-refractivity contribution in [1.82, 2.24) is 4.98 Å². The van der Waals surface area contributed by atoms with Gasteiger partial charge in [0.05, 0.1) is 26.3 Å². The van der Waals surface area contributed by atoms with Crippen LogP contribution >= 0.6 is 11.3 Å². The van der Waals surface area contributed by atoms with Gasteiger partial charge in [-0.1, -0.05) is 6.07 Å². The molecule has 6 nitrogen and oxygen atoms in total. The average molecular weight is 404 g/mol. The highest BCUT2D eigenvalue weighted by molar-refractivity contribution is 7.19. The Hall–Kier alpha value is -3.45. The lowest BCUT2D eigenvalue weighted by Gasteiger charge is -2.04. The molecule has 0 atom stereocenters. The van der Waals surface area contributed by atoms with Gasteiger partial charge in [0, 0.05) is 13.1 Å². The number of hydrogen-bond acceptors (Lipinski definition) is 6. The predicted octanol–water partition coefficient (Wildman–Crippen LogP) is 5.33. The summed E-state index contributed by atoms with van der Waals surface area (Å²) in [6, 6.07) is 9.54. The van der Waals surface area contributed by atoms with Gasteiger partial charge in [0.2, 0.25) is 0 Å². The number of hydrogen-bond donors (Lipinski definition) is 1. The molecule has 0 aliphatic carbocycles. The summed E-state index contributed by atoms with van der Waals surface area (Å²) in [4.78, 5) is 14.7. The molecule has 0 aliphatic heterocycles. The number of nitro benzene ring substituents is 1. The van der Waals surface area contributed by atoms with Gasteiger partial charge >= 0.3 is 6.18 Å². The number of rotatable bonds is 4. The average Bonchev–Trinajstić information content (AvgIpc) is 3.08. The van der Waals surface area contributed by atoms with E-state index in [1.165, 1.54) is 24.3 Å². The lowest BCUT2D eigenvalue weighted by molar-refractivity contribution is -0.383. The number of fused-ring (bicyclic) bond motifs is 1. The second-order valence-corrected chi connectivity index (χ2v) is 6.68. The van der Waals surface area contributed by atoms with Crippen LogP contribution < -0.4 is 5.32 Å². The standard InChI is InChI=1S/C18H11F3N4O2S/c1-23-13-4-2-10(7-15(13)25(26)27)6-11(9-22)17-24-14-8-12(18(19,20)21)3-5-16(14)28-17/h2-8,23H,1H3/b11-6+. The van der Waals surface area contributed by atoms with Gasteiger partial charge in [0.1, 0.15) is 16.8 Å². The van der Waals surface area contributed by atoms with Gasteiger partial charge in [-0.3, -0.25) is 10.1 Å². The molecule has 0 bridgehead atoms. The van der Waals surface area contributed by atoms with Crippen LogP contribution in [0.15, 0.2) is 36.4 Å². The van der Waals surface area contributed by atoms with Crippen molar-refractivity contribution in [2.75, 3.05) is 12.4 Å². The summed E-state index contributed by atoms with van der Waals surface area (Å²) in [6.07, 6.45) is -3.07. The normalized spacial score (nSPS) is 12.0. The molecule has 0 aliphatic rings. The van der Waals surface area contributed by atoms with Gasteiger partial charge < -0.3 is 5.32 Å². The molecule has 1 heterocycles. The molecule has 3 aromatic rings. The number of alkyl halides is 3. The van der Waals surface area contributed by atoms with Crippen molar-refractivity contribution in [1.29, 1.82) is 5.26 Å². The monoisotopic (exact) mass is 404 g/mol. The van der Waals surface area contributed by atoms with Crippen molar-refractivity contribution in [3.05, 3.63) is 62.6 Å². The Balaban J connectivity index is 2.05. The first-order valence-corrected chi connectivity index (χ1v) is 8.60. The third-order valence-corrected chi connectivity index (χ3v) is 4.93. The van der Waals surface area contributed by atoms with Gasteiger partial charge in [-0.25, -0.2) is 4.98 Å². The summed E-state index contributed by atoms with van der Waals surface area (Å²) >= 11 is 1.07. The quantitative estimate of drug-likeness (QED) is 0.360. The van der Waals surface area contributed by atoms with E-state index < -0.39 is 16.7 Å². The molecule has 142 valence electrons. The highest BCUT2D eigenvalue weighted by atomic mass is 32.1. The first-order valence-electron chi connectivity index (χ1n) is 7.79. The van der Waals surface area contributed by atoms with E-state index in [2.05, 4.69) is 10.3 Å². The molecule has 0 spiro atoms. The van der Waals surface area contributed by atoms with Crippen LogP contribution in [0.2, 0.25) is 0 Å². The Morgan fingerprint density at radius 2 is 2.07 bits per heavy atom. The van der Waals surface area contributed by atoms with Crippen molar-refractivity contribution in [2.24, 2.45) is 0 Å². The highest BCUT2D eigenvalue weighted by Crippen LogP contribution is 2.35. The number of benzene rings is 2. The van der Waals surface area contributed by atoms with Crippen molar-refractivity contribution in [3.8, 4) is 6.07 Å². The minimum absolute atomic E-state index is 0.0984. The number of aromatic nitrogens is 1. The number of allylic oxidation sites excluding steroid dienone is 1. The number of anilines is 1. The van der Waals surface area contributed by atoms with E-state index >= 15 is 0 Å². The summed E-state index contributed by atoms with van der Waals surface area (Å²) < 4.78 is 39.1. The van der Waals surface area contributed by atoms with E-state index in [4.69, 9.17) is 0 Å². The zero-order chi connectivity index (χ0) is 20.5. The third-order valence-electron chi connectivity index (χ3n) is 3.86. The van der Waals surface area contributed by atoms with E-state index in [-0.39, 0.29) is 21.8 Å². The molecule has 0 amide bonds. The topological polar surface area (TPSA) is 91.8 Å². The molecule has 0 unspecified atom stereocenters. The number of nitrogens with zero attached hydrogens (tertiary/aromatic N) is 3. The fourth-order valence-electron chi connectivity index (χ4n) is 2.53. The van der Waals surface area contributed by atoms with E-state index in [0.717, 1.165) is 23.5 Å². The van der Waals surface area contributed by atoms with Gasteiger partial charge in [-0.05, 0) is 35.9 Å². The molecule has 0 radical (unpaired) electrons. The van der Waals surface area contributed by atoms with E-state index in [1.807, 2.05) is 6.07 Å². The minimum Gasteiger partial charge on any atom is -0.383 e. The molecular formula is C18H11F3N4O2S. The lowest BCUT2D eigenvalue weighted by atomic mass is 10.1. The van der Waals surface area contributed by atoms with Crippen LogP contribution in [0.5, 0.6) is 0 Å². The zero-order valence-electron chi connectivity index (χ0n) is 14.2. The molecule has 28 heavy (non-hydrogen) atoms. The van der Waals surface area contributed by atoms with E-state index in [1.54, 1.807) is 13.1 Å². The third kappa shape index (κ3) is 3.79. The summed E-state index contributed by atoms with van der Waals surface area (Å²) in [5.74, 6) is 0. The Labute approximate surface area is 160 Å². The van der Waals surface area contributed by atoms with Crippen LogP contribution in [0.4, 0.5) is 24.5 Å². The first kappa shape index (κ1) is 19.3. The summed E-state index contributed by atoms with van der Waals surface area (Å²) in [6.45, 7) is 0. The molecule has 0 saturated heterocycles. The van der Waals surface area contributed by atoms with Crippen molar-refractivity contribution in [2.45, 2.75) is 6.18 Å². The lowest BCUT2D eigenvalue weighted by Crippen LogP contribution is -2.03. The highest BCUT2D eigenvalue weighted by Gasteiger charge is 2.30. The van der Waals surface area contributed by atoms with Crippen LogP contribution in [0.25, 0.3) is 21.9 Å². The second-order valence-electron chi connectivity index (χ2n) is 5.65. The molecule has 0 fully saturated rings. The molecule has 3 rings (SSSR count). The Bertz CT molecular complexity index is 1150. The van der Waals surface area contributed by atoms with Gasteiger partial charge in [0.15, 0.2) is 0 Å². The van der Waals surface area contributed by atoms with Gasteiger partial charge in [-0.15, -0.1) is 11.3 Å². The van der Waals surface area contributed by atoms with Gasteiger partial charge in [0.25, 0.3) is 5.69 Å². The molecule has 10 heteroatoms. The summed E-state index contributed by atoms with van der Waals surface area (Å²) in [7, 11) is 1.55. The predicted molar refractivity (Wildman–Crippen MR) is 101 cm³/mol. The van der Waals surface area contributed by atoms with Crippen LogP contribution in [-0.2, 0) is 6.18 Å². The molecule has 1 aromatic heterocycles. The first-order chi connectivity index (χ1) is 13.2. The van der Waals surface area contributed by atoms with Gasteiger partial charge in [-0.2, -0.15) is 18.4 Å². The largest absolute Gasteiger partial charge is 0.416 e. The van der Waals surface area contributed by atoms with Crippen molar-refractivity contribution >= 4 is 44.6 Å². The minimum atomic E-state index is -4.49. The van der Waals surface area contributed by atoms with Crippen molar-refractivity contribution in [3.63, 3.8) is 0 Å². The van der Waals surface area contributed by atoms with Crippen LogP contribution in [-0.4, -0.2) is 17.0 Å². The fourth-order valence-corrected chi connectivity index (χ4v) is 3.44. The Kier molecular flexibility index (Phi) is 5.02. The Morgan fingerprint density at radius 1 is 1.32 bits per heavy atom.